The standard InChI is InChI=1S/C26H20GeNO2.C17H10NO.Ir/c1-27(2,3)21-12-7-10-18-20-15-28-22(14-24(20)30-26(18)21)19-11-6-9-17-16-8-4-5-13-23(16)29-25(17)19;1-2-6-12(7-3-1)15-10-17-14(11-18-15)13-8-4-5-9-16(13)19-17;/h4-10,12-15H,1-3H3;1-6,8-11H;/q2*-1;. The zero-order valence-corrected chi connectivity index (χ0v) is 32.1. The molecule has 5 nitrogen and oxygen atoms in total. The molecule has 1 radical (unpaired) electrons. The van der Waals surface area contributed by atoms with Crippen molar-refractivity contribution >= 4 is 83.5 Å². The van der Waals surface area contributed by atoms with Crippen molar-refractivity contribution in [3.63, 3.8) is 0 Å². The summed E-state index contributed by atoms with van der Waals surface area (Å²) in [7, 11) is 0. The fourth-order valence-electron chi connectivity index (χ4n) is 6.62. The Morgan fingerprint density at radius 2 is 1.10 bits per heavy atom. The average Bonchev–Trinajstić information content (AvgIpc) is 3.82. The van der Waals surface area contributed by atoms with Gasteiger partial charge in [0.15, 0.2) is 0 Å². The van der Waals surface area contributed by atoms with Crippen molar-refractivity contribution in [3.05, 3.63) is 140 Å². The Labute approximate surface area is 304 Å². The number of hydrogen-bond donors (Lipinski definition) is 0. The van der Waals surface area contributed by atoms with Gasteiger partial charge in [-0.2, -0.15) is 0 Å². The van der Waals surface area contributed by atoms with E-state index >= 15 is 0 Å². The third-order valence-corrected chi connectivity index (χ3v) is 13.3. The molecule has 0 unspecified atom stereocenters. The molecule has 10 aromatic rings. The van der Waals surface area contributed by atoms with Crippen LogP contribution in [-0.4, -0.2) is 23.2 Å². The second kappa shape index (κ2) is 12.7. The zero-order chi connectivity index (χ0) is 33.1. The smallest absolute Gasteiger partial charge is 0.135 e. The van der Waals surface area contributed by atoms with Gasteiger partial charge in [-0.25, -0.2) is 0 Å². The normalized spacial score (nSPS) is 11.7. The summed E-state index contributed by atoms with van der Waals surface area (Å²) in [5.74, 6) is 7.18. The van der Waals surface area contributed by atoms with Gasteiger partial charge >= 0.3 is 177 Å². The summed E-state index contributed by atoms with van der Waals surface area (Å²) in [6, 6.07) is 44.9. The van der Waals surface area contributed by atoms with Crippen LogP contribution in [-0.2, 0) is 20.1 Å². The molecule has 0 aliphatic carbocycles. The minimum Gasteiger partial charge on any atom is -0.457 e. The maximum absolute atomic E-state index is 6.41. The molecule has 0 amide bonds. The molecule has 0 spiro atoms. The predicted molar refractivity (Wildman–Crippen MR) is 202 cm³/mol. The summed E-state index contributed by atoms with van der Waals surface area (Å²) in [5, 5.41) is 6.54. The topological polar surface area (TPSA) is 65.2 Å². The molecule has 0 saturated heterocycles. The first kappa shape index (κ1) is 32.2. The minimum absolute atomic E-state index is 0. The van der Waals surface area contributed by atoms with E-state index in [1.165, 1.54) is 4.40 Å². The van der Waals surface area contributed by atoms with Gasteiger partial charge < -0.3 is 9.40 Å². The minimum atomic E-state index is -2.06. The molecule has 245 valence electrons. The van der Waals surface area contributed by atoms with Gasteiger partial charge in [0.25, 0.3) is 0 Å². The molecule has 0 saturated carbocycles. The van der Waals surface area contributed by atoms with E-state index in [9.17, 15) is 0 Å². The van der Waals surface area contributed by atoms with E-state index in [4.69, 9.17) is 18.2 Å². The Hall–Kier alpha value is -5.01. The van der Waals surface area contributed by atoms with Crippen LogP contribution >= 0.6 is 0 Å². The molecule has 0 atom stereocenters. The second-order valence-electron chi connectivity index (χ2n) is 13.2. The second-order valence-corrected chi connectivity index (χ2v) is 23.8. The molecule has 5 heterocycles. The van der Waals surface area contributed by atoms with Crippen molar-refractivity contribution in [2.24, 2.45) is 0 Å². The van der Waals surface area contributed by atoms with Crippen molar-refractivity contribution in [2.75, 3.05) is 0 Å². The Kier molecular flexibility index (Phi) is 8.19. The monoisotopic (exact) mass is 889 g/mol. The fraction of sp³-hybridized carbons (Fsp3) is 0.0698. The summed E-state index contributed by atoms with van der Waals surface area (Å²) in [4.78, 5) is 9.28. The molecule has 7 heteroatoms. The van der Waals surface area contributed by atoms with Gasteiger partial charge in [-0.15, -0.1) is 35.9 Å². The maximum Gasteiger partial charge on any atom is 0.135 e. The third kappa shape index (κ3) is 5.54. The van der Waals surface area contributed by atoms with Crippen LogP contribution in [0.5, 0.6) is 0 Å². The number of aromatic nitrogens is 2. The van der Waals surface area contributed by atoms with E-state index in [1.54, 1.807) is 0 Å². The number of hydrogen-bond acceptors (Lipinski definition) is 5. The van der Waals surface area contributed by atoms with E-state index < -0.39 is 13.3 Å². The Morgan fingerprint density at radius 3 is 1.86 bits per heavy atom. The number of para-hydroxylation sites is 3. The van der Waals surface area contributed by atoms with Crippen LogP contribution in [0.4, 0.5) is 0 Å². The van der Waals surface area contributed by atoms with Crippen molar-refractivity contribution in [1.29, 1.82) is 0 Å². The van der Waals surface area contributed by atoms with Crippen molar-refractivity contribution in [3.8, 4) is 22.5 Å². The first-order valence-electron chi connectivity index (χ1n) is 16.3. The van der Waals surface area contributed by atoms with Gasteiger partial charge in [-0.3, -0.25) is 0 Å². The molecule has 0 aliphatic heterocycles. The van der Waals surface area contributed by atoms with Crippen LogP contribution in [0, 0.1) is 12.1 Å². The van der Waals surface area contributed by atoms with Gasteiger partial charge in [-0.05, 0) is 17.8 Å². The predicted octanol–water partition coefficient (Wildman–Crippen LogP) is 11.3. The molecule has 5 aromatic carbocycles. The van der Waals surface area contributed by atoms with Gasteiger partial charge in [0, 0.05) is 37.1 Å². The first-order chi connectivity index (χ1) is 23.9. The van der Waals surface area contributed by atoms with E-state index in [1.807, 2.05) is 97.3 Å². The maximum atomic E-state index is 6.41. The number of nitrogens with zero attached hydrogens (tertiary/aromatic N) is 2. The number of rotatable bonds is 3. The van der Waals surface area contributed by atoms with E-state index in [-0.39, 0.29) is 20.1 Å². The summed E-state index contributed by atoms with van der Waals surface area (Å²) in [5.41, 5.74) is 8.85. The van der Waals surface area contributed by atoms with Crippen LogP contribution in [0.15, 0.2) is 141 Å². The molecular formula is C43H30GeIrN2O3-2. The van der Waals surface area contributed by atoms with Gasteiger partial charge in [0.2, 0.25) is 0 Å². The average molecular weight is 888 g/mol. The van der Waals surface area contributed by atoms with Crippen molar-refractivity contribution < 1.29 is 33.4 Å². The summed E-state index contributed by atoms with van der Waals surface area (Å²) in [6.07, 6.45) is 3.79. The fourth-order valence-corrected chi connectivity index (χ4v) is 9.69. The third-order valence-electron chi connectivity index (χ3n) is 9.03. The van der Waals surface area contributed by atoms with E-state index in [0.29, 0.717) is 0 Å². The molecule has 10 rings (SSSR count). The Morgan fingerprint density at radius 1 is 0.500 bits per heavy atom. The van der Waals surface area contributed by atoms with Gasteiger partial charge in [-0.1, -0.05) is 18.2 Å². The molecule has 0 aliphatic rings. The Bertz CT molecular complexity index is 2830. The Balaban J connectivity index is 0.000000156. The summed E-state index contributed by atoms with van der Waals surface area (Å²) < 4.78 is 19.8. The summed E-state index contributed by atoms with van der Waals surface area (Å²) in [6.45, 7) is 0. The number of benzene rings is 5. The SMILES string of the molecule is [CH3][Ge]([CH3])([CH3])[c]1cccc2c1oc1cc(-c3[c-]ccc4c3oc3ccccc34)ncc12.[Ir].[c-]1ccccc1-c1cc2oc3ccccc3c2cn1. The van der Waals surface area contributed by atoms with E-state index in [2.05, 4.69) is 64.7 Å². The van der Waals surface area contributed by atoms with Crippen molar-refractivity contribution in [1.82, 2.24) is 9.97 Å². The number of pyridine rings is 2. The molecular weight excluding hydrogens is 857 g/mol. The van der Waals surface area contributed by atoms with E-state index in [0.717, 1.165) is 88.3 Å². The van der Waals surface area contributed by atoms with Crippen LogP contribution in [0.3, 0.4) is 0 Å². The number of furan rings is 3. The quantitative estimate of drug-likeness (QED) is 0.131. The van der Waals surface area contributed by atoms with Crippen molar-refractivity contribution in [2.45, 2.75) is 17.3 Å². The molecule has 50 heavy (non-hydrogen) atoms. The molecule has 0 bridgehead atoms. The molecule has 5 aromatic heterocycles. The van der Waals surface area contributed by atoms with Crippen LogP contribution in [0.1, 0.15) is 0 Å². The van der Waals surface area contributed by atoms with Gasteiger partial charge in [0.1, 0.15) is 11.2 Å². The molecule has 0 fully saturated rings. The number of fused-ring (bicyclic) bond motifs is 9. The van der Waals surface area contributed by atoms with Gasteiger partial charge in [0.05, 0.1) is 0 Å². The zero-order valence-electron chi connectivity index (χ0n) is 27.6. The summed E-state index contributed by atoms with van der Waals surface area (Å²) >= 11 is -2.06. The largest absolute Gasteiger partial charge is 0.457 e. The first-order valence-corrected chi connectivity index (χ1v) is 23.7. The van der Waals surface area contributed by atoms with Crippen LogP contribution in [0.2, 0.25) is 17.3 Å². The van der Waals surface area contributed by atoms with Crippen LogP contribution in [0.25, 0.3) is 88.3 Å². The van der Waals surface area contributed by atoms with Crippen LogP contribution < -0.4 is 4.40 Å². The molecule has 0 N–H and O–H groups in total.